The lowest BCUT2D eigenvalue weighted by Crippen LogP contribution is -2.41. The van der Waals surface area contributed by atoms with E-state index in [2.05, 4.69) is 11.4 Å². The van der Waals surface area contributed by atoms with Crippen molar-refractivity contribution < 1.29 is 24.3 Å². The topological polar surface area (TPSA) is 96.9 Å². The smallest absolute Gasteiger partial charge is 0.243 e. The third-order valence-corrected chi connectivity index (χ3v) is 5.73. The Kier molecular flexibility index (Phi) is 9.47. The Morgan fingerprint density at radius 2 is 1.82 bits per heavy atom. The van der Waals surface area contributed by atoms with Crippen molar-refractivity contribution in [3.8, 4) is 11.5 Å². The van der Waals surface area contributed by atoms with Gasteiger partial charge in [0.25, 0.3) is 0 Å². The van der Waals surface area contributed by atoms with Gasteiger partial charge in [0.15, 0.2) is 5.78 Å². The molecule has 0 saturated heterocycles. The summed E-state index contributed by atoms with van der Waals surface area (Å²) in [7, 11) is 1.63. The van der Waals surface area contributed by atoms with Gasteiger partial charge in [-0.25, -0.2) is 5.48 Å². The van der Waals surface area contributed by atoms with Gasteiger partial charge in [-0.3, -0.25) is 14.8 Å². The van der Waals surface area contributed by atoms with E-state index in [1.165, 1.54) is 5.56 Å². The van der Waals surface area contributed by atoms with Gasteiger partial charge in [-0.15, -0.1) is 0 Å². The number of amides is 1. The molecule has 7 heteroatoms. The number of rotatable bonds is 12. The van der Waals surface area contributed by atoms with Crippen LogP contribution in [0.1, 0.15) is 48.8 Å². The molecule has 0 bridgehead atoms. The van der Waals surface area contributed by atoms with E-state index >= 15 is 0 Å². The van der Waals surface area contributed by atoms with Gasteiger partial charge in [-0.05, 0) is 66.3 Å². The predicted octanol–water partition coefficient (Wildman–Crippen LogP) is 3.83. The van der Waals surface area contributed by atoms with E-state index in [0.29, 0.717) is 26.0 Å². The number of unbranched alkanes of at least 4 members (excludes halogenated alkanes) is 3. The molecule has 1 amide bonds. The maximum Gasteiger partial charge on any atom is 0.243 e. The van der Waals surface area contributed by atoms with Gasteiger partial charge in [0.05, 0.1) is 19.8 Å². The van der Waals surface area contributed by atoms with Crippen LogP contribution in [-0.4, -0.2) is 36.7 Å². The van der Waals surface area contributed by atoms with Crippen LogP contribution in [0.25, 0.3) is 6.08 Å². The maximum atomic E-state index is 12.7. The summed E-state index contributed by atoms with van der Waals surface area (Å²) in [5.74, 6) is 1.31. The highest BCUT2D eigenvalue weighted by molar-refractivity contribution is 5.98. The molecular formula is C26H32N2O5. The molecule has 1 atom stereocenters. The van der Waals surface area contributed by atoms with E-state index in [0.717, 1.165) is 48.3 Å². The van der Waals surface area contributed by atoms with Gasteiger partial charge in [0, 0.05) is 13.0 Å². The molecule has 0 aliphatic carbocycles. The molecule has 1 aliphatic rings. The Hall–Kier alpha value is -3.16. The average Bonchev–Trinajstić information content (AvgIpc) is 2.86. The van der Waals surface area contributed by atoms with Crippen LogP contribution in [0, 0.1) is 0 Å². The third-order valence-electron chi connectivity index (χ3n) is 5.73. The second kappa shape index (κ2) is 12.8. The van der Waals surface area contributed by atoms with Crippen LogP contribution in [0.2, 0.25) is 0 Å². The van der Waals surface area contributed by atoms with Gasteiger partial charge in [0.2, 0.25) is 5.91 Å². The molecule has 7 nitrogen and oxygen atoms in total. The largest absolute Gasteiger partial charge is 0.497 e. The molecule has 33 heavy (non-hydrogen) atoms. The van der Waals surface area contributed by atoms with Crippen LogP contribution in [0.15, 0.2) is 48.5 Å². The highest BCUT2D eigenvalue weighted by Crippen LogP contribution is 2.23. The minimum Gasteiger partial charge on any atom is -0.497 e. The summed E-state index contributed by atoms with van der Waals surface area (Å²) < 4.78 is 11.1. The van der Waals surface area contributed by atoms with E-state index in [4.69, 9.17) is 14.7 Å². The summed E-state index contributed by atoms with van der Waals surface area (Å²) in [5, 5.41) is 11.8. The van der Waals surface area contributed by atoms with Crippen molar-refractivity contribution in [3.05, 3.63) is 65.2 Å². The number of ketones is 1. The van der Waals surface area contributed by atoms with E-state index in [9.17, 15) is 9.59 Å². The number of methoxy groups -OCH3 is 1. The molecule has 176 valence electrons. The number of carbonyl (C=O) groups is 2. The summed E-state index contributed by atoms with van der Waals surface area (Å²) in [5.41, 5.74) is 4.92. The summed E-state index contributed by atoms with van der Waals surface area (Å²) in [6.45, 7) is 1.26. The lowest BCUT2D eigenvalue weighted by molar-refractivity contribution is -0.129. The van der Waals surface area contributed by atoms with E-state index in [1.54, 1.807) is 18.7 Å². The molecule has 1 unspecified atom stereocenters. The number of hydroxylamine groups is 1. The van der Waals surface area contributed by atoms with Gasteiger partial charge in [0.1, 0.15) is 11.5 Å². The monoisotopic (exact) mass is 452 g/mol. The third kappa shape index (κ3) is 7.73. The van der Waals surface area contributed by atoms with Crippen molar-refractivity contribution in [2.24, 2.45) is 0 Å². The molecule has 1 aliphatic heterocycles. The van der Waals surface area contributed by atoms with Crippen LogP contribution < -0.4 is 20.3 Å². The van der Waals surface area contributed by atoms with Crippen LogP contribution >= 0.6 is 0 Å². The summed E-state index contributed by atoms with van der Waals surface area (Å²) >= 11 is 0. The minimum absolute atomic E-state index is 0.0534. The van der Waals surface area contributed by atoms with Gasteiger partial charge < -0.3 is 14.8 Å². The van der Waals surface area contributed by atoms with Crippen LogP contribution in [-0.2, 0) is 22.6 Å². The quantitative estimate of drug-likeness (QED) is 0.196. The Bertz CT molecular complexity index is 956. The number of hydrogen-bond donors (Lipinski definition) is 3. The molecule has 2 aromatic carbocycles. The Labute approximate surface area is 194 Å². The number of fused-ring (bicyclic) bond motifs is 1. The number of hydrogen-bond acceptors (Lipinski definition) is 6. The van der Waals surface area contributed by atoms with Crippen molar-refractivity contribution in [1.29, 1.82) is 0 Å². The summed E-state index contributed by atoms with van der Waals surface area (Å²) in [6.07, 6.45) is 7.96. The van der Waals surface area contributed by atoms with Crippen LogP contribution in [0.5, 0.6) is 11.5 Å². The fourth-order valence-corrected chi connectivity index (χ4v) is 3.78. The highest BCUT2D eigenvalue weighted by atomic mass is 16.5. The van der Waals surface area contributed by atoms with Crippen molar-refractivity contribution in [1.82, 2.24) is 10.8 Å². The number of nitrogens with one attached hydrogen (secondary N) is 2. The second-order valence-electron chi connectivity index (χ2n) is 8.12. The first-order valence-corrected chi connectivity index (χ1v) is 11.4. The fraction of sp³-hybridized carbons (Fsp3) is 0.385. The molecule has 3 N–H and O–H groups in total. The Morgan fingerprint density at radius 3 is 2.58 bits per heavy atom. The fourth-order valence-electron chi connectivity index (χ4n) is 3.78. The Balaban J connectivity index is 1.45. The number of carbonyl (C=O) groups excluding carboxylic acids is 2. The maximum absolute atomic E-state index is 12.7. The molecule has 0 aromatic heterocycles. The van der Waals surface area contributed by atoms with Crippen molar-refractivity contribution in [2.45, 2.75) is 51.1 Å². The first kappa shape index (κ1) is 24.5. The van der Waals surface area contributed by atoms with Crippen molar-refractivity contribution in [3.63, 3.8) is 0 Å². The molecular weight excluding hydrogens is 420 g/mol. The first-order valence-electron chi connectivity index (χ1n) is 11.4. The van der Waals surface area contributed by atoms with Crippen molar-refractivity contribution >= 4 is 17.8 Å². The standard InChI is InChI=1S/C26H32N2O5/c1-32-22-11-7-19(8-12-22)9-14-25(29)24-17-21-16-23(13-10-20(21)18-27-24)33-15-5-3-2-4-6-26(30)28-31/h7-14,16,24,27,31H,2-6,15,17-18H2,1H3,(H,28,30)/b14-9+. The van der Waals surface area contributed by atoms with E-state index < -0.39 is 0 Å². The van der Waals surface area contributed by atoms with Gasteiger partial charge in [-0.2, -0.15) is 0 Å². The zero-order chi connectivity index (χ0) is 23.5. The molecule has 0 fully saturated rings. The van der Waals surface area contributed by atoms with Crippen LogP contribution in [0.4, 0.5) is 0 Å². The summed E-state index contributed by atoms with van der Waals surface area (Å²) in [4.78, 5) is 23.7. The zero-order valence-electron chi connectivity index (χ0n) is 19.0. The van der Waals surface area contributed by atoms with Crippen molar-refractivity contribution in [2.75, 3.05) is 13.7 Å². The van der Waals surface area contributed by atoms with Gasteiger partial charge in [-0.1, -0.05) is 37.1 Å². The average molecular weight is 453 g/mol. The Morgan fingerprint density at radius 1 is 1.06 bits per heavy atom. The lowest BCUT2D eigenvalue weighted by atomic mass is 9.93. The predicted molar refractivity (Wildman–Crippen MR) is 126 cm³/mol. The number of ether oxygens (including phenoxy) is 2. The summed E-state index contributed by atoms with van der Waals surface area (Å²) in [6, 6.07) is 13.4. The molecule has 2 aromatic rings. The lowest BCUT2D eigenvalue weighted by Gasteiger charge is -2.25. The SMILES string of the molecule is COc1ccc(/C=C/C(=O)C2Cc3cc(OCCCCCCC(=O)NO)ccc3CN2)cc1. The number of benzene rings is 2. The first-order chi connectivity index (χ1) is 16.1. The minimum atomic E-state index is -0.345. The highest BCUT2D eigenvalue weighted by Gasteiger charge is 2.22. The molecule has 0 spiro atoms. The molecule has 1 heterocycles. The normalized spacial score (nSPS) is 15.2. The van der Waals surface area contributed by atoms with Crippen LogP contribution in [0.3, 0.4) is 0 Å². The zero-order valence-corrected chi connectivity index (χ0v) is 19.0. The molecule has 0 saturated carbocycles. The second-order valence-corrected chi connectivity index (χ2v) is 8.12. The molecule has 0 radical (unpaired) electrons. The van der Waals surface area contributed by atoms with E-state index in [1.807, 2.05) is 42.5 Å². The molecule has 3 rings (SSSR count). The van der Waals surface area contributed by atoms with E-state index in [-0.39, 0.29) is 17.7 Å². The van der Waals surface area contributed by atoms with Gasteiger partial charge >= 0.3 is 0 Å².